The smallest absolute Gasteiger partial charge is 0.243 e. The number of sulfonamides is 1. The number of hydrogen-bond acceptors (Lipinski definition) is 4. The van der Waals surface area contributed by atoms with Gasteiger partial charge in [0.05, 0.1) is 22.7 Å². The maximum Gasteiger partial charge on any atom is 0.243 e. The van der Waals surface area contributed by atoms with Gasteiger partial charge in [0.2, 0.25) is 21.8 Å². The number of hydrogen-bond donors (Lipinski definition) is 2. The molecule has 1 heterocycles. The van der Waals surface area contributed by atoms with E-state index in [1.54, 1.807) is 36.4 Å². The molecular formula is C22H27N3O4S. The Hall–Kier alpha value is -2.71. The molecule has 2 N–H and O–H groups in total. The number of anilines is 2. The van der Waals surface area contributed by atoms with Crippen LogP contribution in [0.3, 0.4) is 0 Å². The second kappa shape index (κ2) is 9.40. The fourth-order valence-corrected chi connectivity index (χ4v) is 4.99. The van der Waals surface area contributed by atoms with E-state index < -0.39 is 10.0 Å². The first kappa shape index (κ1) is 22.0. The van der Waals surface area contributed by atoms with Gasteiger partial charge in [0.1, 0.15) is 0 Å². The van der Waals surface area contributed by atoms with Gasteiger partial charge in [-0.25, -0.2) is 8.42 Å². The van der Waals surface area contributed by atoms with Crippen molar-refractivity contribution in [3.63, 3.8) is 0 Å². The normalized spacial score (nSPS) is 14.9. The van der Waals surface area contributed by atoms with E-state index in [2.05, 4.69) is 10.6 Å². The van der Waals surface area contributed by atoms with E-state index in [0.29, 0.717) is 30.0 Å². The molecule has 8 heteroatoms. The predicted molar refractivity (Wildman–Crippen MR) is 117 cm³/mol. The van der Waals surface area contributed by atoms with E-state index in [0.717, 1.165) is 24.8 Å². The first-order valence-electron chi connectivity index (χ1n) is 10.0. The summed E-state index contributed by atoms with van der Waals surface area (Å²) in [7, 11) is -3.49. The van der Waals surface area contributed by atoms with Gasteiger partial charge in [0, 0.05) is 20.0 Å². The fraction of sp³-hybridized carbons (Fsp3) is 0.364. The number of amides is 2. The molecule has 0 atom stereocenters. The molecule has 0 unspecified atom stereocenters. The molecule has 1 aliphatic rings. The number of nitrogens with zero attached hydrogens (tertiary/aromatic N) is 1. The Kier molecular flexibility index (Phi) is 6.89. The molecule has 0 bridgehead atoms. The molecule has 3 rings (SSSR count). The van der Waals surface area contributed by atoms with Crippen LogP contribution in [0.5, 0.6) is 0 Å². The summed E-state index contributed by atoms with van der Waals surface area (Å²) < 4.78 is 27.0. The number of rotatable bonds is 6. The largest absolute Gasteiger partial charge is 0.325 e. The van der Waals surface area contributed by atoms with Gasteiger partial charge < -0.3 is 10.6 Å². The highest BCUT2D eigenvalue weighted by atomic mass is 32.2. The summed E-state index contributed by atoms with van der Waals surface area (Å²) in [6, 6.07) is 11.8. The topological polar surface area (TPSA) is 95.6 Å². The van der Waals surface area contributed by atoms with Crippen molar-refractivity contribution in [3.8, 4) is 0 Å². The molecule has 7 nitrogen and oxygen atoms in total. The van der Waals surface area contributed by atoms with Crippen LogP contribution in [0, 0.1) is 6.92 Å². The SMILES string of the molecule is CC(=O)Nc1ccc(C)cc1NC(=O)Cc1ccc(S(=O)(=O)N2CCCCC2)cc1. The van der Waals surface area contributed by atoms with Crippen LogP contribution in [0.2, 0.25) is 0 Å². The molecule has 1 fully saturated rings. The van der Waals surface area contributed by atoms with Gasteiger partial charge in [-0.15, -0.1) is 0 Å². The lowest BCUT2D eigenvalue weighted by molar-refractivity contribution is -0.116. The molecule has 1 saturated heterocycles. The fourth-order valence-electron chi connectivity index (χ4n) is 3.47. The van der Waals surface area contributed by atoms with Crippen LogP contribution in [0.1, 0.15) is 37.3 Å². The van der Waals surface area contributed by atoms with Crippen LogP contribution < -0.4 is 10.6 Å². The molecule has 2 aromatic rings. The van der Waals surface area contributed by atoms with Gasteiger partial charge in [-0.05, 0) is 55.2 Å². The van der Waals surface area contributed by atoms with Crippen LogP contribution in [0.4, 0.5) is 11.4 Å². The Morgan fingerprint density at radius 2 is 1.60 bits per heavy atom. The number of aryl methyl sites for hydroxylation is 1. The zero-order valence-corrected chi connectivity index (χ0v) is 18.1. The van der Waals surface area contributed by atoms with Crippen molar-refractivity contribution in [1.82, 2.24) is 4.31 Å². The Labute approximate surface area is 177 Å². The Morgan fingerprint density at radius 3 is 2.23 bits per heavy atom. The summed E-state index contributed by atoms with van der Waals surface area (Å²) in [6.07, 6.45) is 2.93. The van der Waals surface area contributed by atoms with E-state index in [4.69, 9.17) is 0 Å². The average molecular weight is 430 g/mol. The number of carbonyl (C=O) groups excluding carboxylic acids is 2. The van der Waals surface area contributed by atoms with Crippen molar-refractivity contribution in [3.05, 3.63) is 53.6 Å². The van der Waals surface area contributed by atoms with E-state index in [-0.39, 0.29) is 23.1 Å². The Bertz CT molecular complexity index is 1030. The second-order valence-electron chi connectivity index (χ2n) is 7.56. The van der Waals surface area contributed by atoms with Gasteiger partial charge in [0.15, 0.2) is 0 Å². The van der Waals surface area contributed by atoms with Crippen molar-refractivity contribution in [2.75, 3.05) is 23.7 Å². The monoisotopic (exact) mass is 429 g/mol. The minimum Gasteiger partial charge on any atom is -0.325 e. The predicted octanol–water partition coefficient (Wildman–Crippen LogP) is 3.31. The zero-order chi connectivity index (χ0) is 21.7. The summed E-state index contributed by atoms with van der Waals surface area (Å²) >= 11 is 0. The van der Waals surface area contributed by atoms with Gasteiger partial charge in [-0.1, -0.05) is 24.6 Å². The highest BCUT2D eigenvalue weighted by molar-refractivity contribution is 7.89. The standard InChI is InChI=1S/C22H27N3O4S/c1-16-6-11-20(23-17(2)26)21(14-16)24-22(27)15-18-7-9-19(10-8-18)30(28,29)25-12-4-3-5-13-25/h6-11,14H,3-5,12-13,15H2,1-2H3,(H,23,26)(H,24,27). The maximum atomic E-state index is 12.7. The third kappa shape index (κ3) is 5.46. The first-order valence-corrected chi connectivity index (χ1v) is 11.5. The van der Waals surface area contributed by atoms with E-state index in [1.165, 1.54) is 11.2 Å². The van der Waals surface area contributed by atoms with Crippen molar-refractivity contribution in [1.29, 1.82) is 0 Å². The Balaban J connectivity index is 1.68. The van der Waals surface area contributed by atoms with Gasteiger partial charge in [-0.3, -0.25) is 9.59 Å². The van der Waals surface area contributed by atoms with Gasteiger partial charge in [-0.2, -0.15) is 4.31 Å². The Morgan fingerprint density at radius 1 is 0.933 bits per heavy atom. The minimum absolute atomic E-state index is 0.0947. The summed E-state index contributed by atoms with van der Waals surface area (Å²) in [5, 5.41) is 5.52. The van der Waals surface area contributed by atoms with Crippen molar-refractivity contribution in [2.24, 2.45) is 0 Å². The average Bonchev–Trinajstić information content (AvgIpc) is 2.71. The van der Waals surface area contributed by atoms with E-state index >= 15 is 0 Å². The lowest BCUT2D eigenvalue weighted by Gasteiger charge is -2.25. The molecule has 0 saturated carbocycles. The van der Waals surface area contributed by atoms with Gasteiger partial charge in [0.25, 0.3) is 0 Å². The molecule has 0 radical (unpaired) electrons. The second-order valence-corrected chi connectivity index (χ2v) is 9.50. The molecular weight excluding hydrogens is 402 g/mol. The number of benzene rings is 2. The lowest BCUT2D eigenvalue weighted by Crippen LogP contribution is -2.35. The van der Waals surface area contributed by atoms with Crippen LogP contribution in [0.25, 0.3) is 0 Å². The molecule has 30 heavy (non-hydrogen) atoms. The maximum absolute atomic E-state index is 12.7. The molecule has 160 valence electrons. The van der Waals surface area contributed by atoms with Crippen molar-refractivity contribution >= 4 is 33.2 Å². The number of carbonyl (C=O) groups is 2. The van der Waals surface area contributed by atoms with Crippen molar-refractivity contribution < 1.29 is 18.0 Å². The molecule has 2 aromatic carbocycles. The molecule has 0 aliphatic carbocycles. The number of piperidine rings is 1. The molecule has 2 amide bonds. The van der Waals surface area contributed by atoms with Crippen LogP contribution in [-0.2, 0) is 26.0 Å². The summed E-state index contributed by atoms with van der Waals surface area (Å²) in [5.41, 5.74) is 2.72. The highest BCUT2D eigenvalue weighted by Gasteiger charge is 2.25. The highest BCUT2D eigenvalue weighted by Crippen LogP contribution is 2.24. The molecule has 0 aromatic heterocycles. The van der Waals surface area contributed by atoms with Crippen LogP contribution in [-0.4, -0.2) is 37.6 Å². The first-order chi connectivity index (χ1) is 14.3. The lowest BCUT2D eigenvalue weighted by atomic mass is 10.1. The summed E-state index contributed by atoms with van der Waals surface area (Å²) in [5.74, 6) is -0.473. The minimum atomic E-state index is -3.49. The quantitative estimate of drug-likeness (QED) is 0.736. The van der Waals surface area contributed by atoms with Crippen LogP contribution >= 0.6 is 0 Å². The van der Waals surface area contributed by atoms with Crippen molar-refractivity contribution in [2.45, 2.75) is 44.4 Å². The van der Waals surface area contributed by atoms with E-state index in [1.807, 2.05) is 13.0 Å². The zero-order valence-electron chi connectivity index (χ0n) is 17.3. The number of nitrogens with one attached hydrogen (secondary N) is 2. The summed E-state index contributed by atoms with van der Waals surface area (Å²) in [6.45, 7) is 4.42. The third-order valence-corrected chi connectivity index (χ3v) is 6.91. The van der Waals surface area contributed by atoms with Gasteiger partial charge >= 0.3 is 0 Å². The summed E-state index contributed by atoms with van der Waals surface area (Å²) in [4.78, 5) is 24.1. The third-order valence-electron chi connectivity index (χ3n) is 5.00. The van der Waals surface area contributed by atoms with E-state index in [9.17, 15) is 18.0 Å². The molecule has 1 aliphatic heterocycles. The molecule has 0 spiro atoms. The van der Waals surface area contributed by atoms with Crippen LogP contribution in [0.15, 0.2) is 47.4 Å².